The standard InChI is InChI=1S/C16H15FN4S/c1-10-6-12(2-3-13(10)17)21-9-14(19-20-21)16-7-11-8-18-5-4-15(11)22-16/h2-3,6-7,9,18H,4-5,8H2,1H3. The topological polar surface area (TPSA) is 42.7 Å². The van der Waals surface area contributed by atoms with E-state index in [-0.39, 0.29) is 5.82 Å². The number of fused-ring (bicyclic) bond motifs is 1. The summed E-state index contributed by atoms with van der Waals surface area (Å²) in [7, 11) is 0. The fourth-order valence-electron chi connectivity index (χ4n) is 2.65. The van der Waals surface area contributed by atoms with Gasteiger partial charge in [0.15, 0.2) is 0 Å². The predicted octanol–water partition coefficient (Wildman–Crippen LogP) is 3.09. The SMILES string of the molecule is Cc1cc(-n2cc(-c3cc4c(s3)CCNC4)nn2)ccc1F. The summed E-state index contributed by atoms with van der Waals surface area (Å²) in [4.78, 5) is 2.57. The van der Waals surface area contributed by atoms with Crippen LogP contribution in [-0.4, -0.2) is 21.5 Å². The number of hydrogen-bond donors (Lipinski definition) is 1. The smallest absolute Gasteiger partial charge is 0.126 e. The Morgan fingerprint density at radius 1 is 1.32 bits per heavy atom. The van der Waals surface area contributed by atoms with Crippen molar-refractivity contribution in [3.63, 3.8) is 0 Å². The maximum atomic E-state index is 13.4. The lowest BCUT2D eigenvalue weighted by Gasteiger charge is -2.10. The highest BCUT2D eigenvalue weighted by Gasteiger charge is 2.16. The highest BCUT2D eigenvalue weighted by Crippen LogP contribution is 2.32. The molecule has 1 aliphatic rings. The Kier molecular flexibility index (Phi) is 3.28. The molecule has 4 nitrogen and oxygen atoms in total. The molecule has 4 rings (SSSR count). The Balaban J connectivity index is 1.68. The molecular formula is C16H15FN4S. The average molecular weight is 314 g/mol. The molecule has 0 unspecified atom stereocenters. The zero-order chi connectivity index (χ0) is 15.1. The van der Waals surface area contributed by atoms with Crippen LogP contribution in [0.3, 0.4) is 0 Å². The van der Waals surface area contributed by atoms with Gasteiger partial charge in [-0.15, -0.1) is 16.4 Å². The summed E-state index contributed by atoms with van der Waals surface area (Å²) in [5.41, 5.74) is 3.65. The lowest BCUT2D eigenvalue weighted by molar-refractivity contribution is 0.617. The highest BCUT2D eigenvalue weighted by molar-refractivity contribution is 7.15. The number of nitrogens with zero attached hydrogens (tertiary/aromatic N) is 3. The third kappa shape index (κ3) is 2.34. The van der Waals surface area contributed by atoms with Gasteiger partial charge in [0.25, 0.3) is 0 Å². The van der Waals surface area contributed by atoms with Crippen LogP contribution in [0, 0.1) is 12.7 Å². The van der Waals surface area contributed by atoms with E-state index in [0.29, 0.717) is 5.56 Å². The van der Waals surface area contributed by atoms with Crippen molar-refractivity contribution in [3.05, 3.63) is 52.3 Å². The first-order chi connectivity index (χ1) is 10.7. The molecule has 22 heavy (non-hydrogen) atoms. The first kappa shape index (κ1) is 13.6. The molecule has 0 radical (unpaired) electrons. The van der Waals surface area contributed by atoms with Gasteiger partial charge in [0.2, 0.25) is 0 Å². The van der Waals surface area contributed by atoms with Gasteiger partial charge in [-0.2, -0.15) is 0 Å². The Bertz CT molecular complexity index is 813. The second-order valence-corrected chi connectivity index (χ2v) is 6.60. The molecule has 1 N–H and O–H groups in total. The van der Waals surface area contributed by atoms with Gasteiger partial charge >= 0.3 is 0 Å². The third-order valence-corrected chi connectivity index (χ3v) is 5.15. The van der Waals surface area contributed by atoms with Crippen molar-refractivity contribution in [1.29, 1.82) is 0 Å². The van der Waals surface area contributed by atoms with E-state index in [1.54, 1.807) is 35.1 Å². The quantitative estimate of drug-likeness (QED) is 0.790. The molecule has 1 aliphatic heterocycles. The molecule has 0 saturated heterocycles. The maximum Gasteiger partial charge on any atom is 0.126 e. The van der Waals surface area contributed by atoms with Crippen LogP contribution in [0.15, 0.2) is 30.5 Å². The number of aromatic nitrogens is 3. The summed E-state index contributed by atoms with van der Waals surface area (Å²) in [5.74, 6) is -0.206. The van der Waals surface area contributed by atoms with Crippen molar-refractivity contribution in [2.24, 2.45) is 0 Å². The van der Waals surface area contributed by atoms with Crippen LogP contribution in [0.2, 0.25) is 0 Å². The summed E-state index contributed by atoms with van der Waals surface area (Å²) >= 11 is 1.79. The van der Waals surface area contributed by atoms with Crippen molar-refractivity contribution in [3.8, 4) is 16.3 Å². The predicted molar refractivity (Wildman–Crippen MR) is 84.8 cm³/mol. The molecular weight excluding hydrogens is 299 g/mol. The minimum absolute atomic E-state index is 0.206. The summed E-state index contributed by atoms with van der Waals surface area (Å²) in [6.45, 7) is 3.71. The number of aryl methyl sites for hydroxylation is 1. The molecule has 0 spiro atoms. The average Bonchev–Trinajstić information content (AvgIpc) is 3.15. The second-order valence-electron chi connectivity index (χ2n) is 5.47. The van der Waals surface area contributed by atoms with Crippen LogP contribution in [0.4, 0.5) is 4.39 Å². The van der Waals surface area contributed by atoms with Crippen LogP contribution >= 0.6 is 11.3 Å². The molecule has 0 atom stereocenters. The van der Waals surface area contributed by atoms with Gasteiger partial charge in [-0.3, -0.25) is 0 Å². The molecule has 0 aliphatic carbocycles. The van der Waals surface area contributed by atoms with Crippen LogP contribution in [0.25, 0.3) is 16.3 Å². The molecule has 0 saturated carbocycles. The zero-order valence-corrected chi connectivity index (χ0v) is 13.0. The Labute approximate surface area is 131 Å². The van der Waals surface area contributed by atoms with E-state index in [1.807, 2.05) is 6.20 Å². The van der Waals surface area contributed by atoms with E-state index in [4.69, 9.17) is 0 Å². The number of rotatable bonds is 2. The van der Waals surface area contributed by atoms with E-state index in [2.05, 4.69) is 21.7 Å². The number of benzene rings is 1. The first-order valence-electron chi connectivity index (χ1n) is 7.22. The van der Waals surface area contributed by atoms with Gasteiger partial charge in [-0.1, -0.05) is 5.21 Å². The van der Waals surface area contributed by atoms with Gasteiger partial charge in [0, 0.05) is 18.0 Å². The van der Waals surface area contributed by atoms with E-state index >= 15 is 0 Å². The summed E-state index contributed by atoms with van der Waals surface area (Å²) in [6.07, 6.45) is 2.97. The Morgan fingerprint density at radius 2 is 2.23 bits per heavy atom. The normalized spacial score (nSPS) is 14.1. The number of thiophene rings is 1. The highest BCUT2D eigenvalue weighted by atomic mass is 32.1. The van der Waals surface area contributed by atoms with Crippen LogP contribution in [0.1, 0.15) is 16.0 Å². The Hall–Kier alpha value is -2.05. The fourth-order valence-corrected chi connectivity index (χ4v) is 3.78. The molecule has 0 amide bonds. The van der Waals surface area contributed by atoms with E-state index in [0.717, 1.165) is 35.8 Å². The van der Waals surface area contributed by atoms with Crippen molar-refractivity contribution >= 4 is 11.3 Å². The number of halogens is 1. The van der Waals surface area contributed by atoms with Crippen LogP contribution in [-0.2, 0) is 13.0 Å². The minimum atomic E-state index is -0.206. The molecule has 1 aromatic carbocycles. The summed E-state index contributed by atoms with van der Waals surface area (Å²) in [6, 6.07) is 7.14. The Morgan fingerprint density at radius 3 is 3.05 bits per heavy atom. The van der Waals surface area contributed by atoms with Crippen molar-refractivity contribution in [2.45, 2.75) is 19.9 Å². The molecule has 2 aromatic heterocycles. The summed E-state index contributed by atoms with van der Waals surface area (Å²) in [5, 5.41) is 11.8. The van der Waals surface area contributed by atoms with Crippen LogP contribution in [0.5, 0.6) is 0 Å². The number of nitrogens with one attached hydrogen (secondary N) is 1. The van der Waals surface area contributed by atoms with Gasteiger partial charge in [0.1, 0.15) is 11.5 Å². The van der Waals surface area contributed by atoms with Gasteiger partial charge in [0.05, 0.1) is 16.8 Å². The van der Waals surface area contributed by atoms with Crippen LogP contribution < -0.4 is 5.32 Å². The van der Waals surface area contributed by atoms with Gasteiger partial charge in [-0.25, -0.2) is 9.07 Å². The van der Waals surface area contributed by atoms with Gasteiger partial charge < -0.3 is 5.32 Å². The lowest BCUT2D eigenvalue weighted by Crippen LogP contribution is -2.21. The van der Waals surface area contributed by atoms with E-state index < -0.39 is 0 Å². The molecule has 112 valence electrons. The molecule has 6 heteroatoms. The first-order valence-corrected chi connectivity index (χ1v) is 8.04. The van der Waals surface area contributed by atoms with E-state index in [1.165, 1.54) is 16.5 Å². The van der Waals surface area contributed by atoms with Crippen molar-refractivity contribution in [1.82, 2.24) is 20.3 Å². The van der Waals surface area contributed by atoms with Crippen molar-refractivity contribution in [2.75, 3.05) is 6.54 Å². The largest absolute Gasteiger partial charge is 0.312 e. The molecule has 3 aromatic rings. The minimum Gasteiger partial charge on any atom is -0.312 e. The molecule has 3 heterocycles. The molecule has 0 fully saturated rings. The fraction of sp³-hybridized carbons (Fsp3) is 0.250. The van der Waals surface area contributed by atoms with Crippen molar-refractivity contribution < 1.29 is 4.39 Å². The number of hydrogen-bond acceptors (Lipinski definition) is 4. The molecule has 0 bridgehead atoms. The summed E-state index contributed by atoms with van der Waals surface area (Å²) < 4.78 is 15.1. The monoisotopic (exact) mass is 314 g/mol. The maximum absolute atomic E-state index is 13.4. The van der Waals surface area contributed by atoms with E-state index in [9.17, 15) is 4.39 Å². The van der Waals surface area contributed by atoms with Gasteiger partial charge in [-0.05, 0) is 48.7 Å². The zero-order valence-electron chi connectivity index (χ0n) is 12.1. The second kappa shape index (κ2) is 5.30. The lowest BCUT2D eigenvalue weighted by atomic mass is 10.1. The third-order valence-electron chi connectivity index (χ3n) is 3.89.